The molecule has 0 N–H and O–H groups in total. The highest BCUT2D eigenvalue weighted by Crippen LogP contribution is 2.44. The van der Waals surface area contributed by atoms with Gasteiger partial charge in [-0.1, -0.05) is 43.0 Å². The summed E-state index contributed by atoms with van der Waals surface area (Å²) in [6.45, 7) is 4.48. The van der Waals surface area contributed by atoms with Gasteiger partial charge in [-0.2, -0.15) is 0 Å². The second-order valence-electron chi connectivity index (χ2n) is 6.79. The molecule has 1 aromatic rings. The van der Waals surface area contributed by atoms with Gasteiger partial charge in [0.15, 0.2) is 0 Å². The molecule has 0 amide bonds. The molecule has 0 aromatic heterocycles. The molecule has 3 rings (SSSR count). The van der Waals surface area contributed by atoms with Crippen LogP contribution in [0, 0.1) is 11.8 Å². The predicted molar refractivity (Wildman–Crippen MR) is 86.7 cm³/mol. The Morgan fingerprint density at radius 3 is 2.75 bits per heavy atom. The van der Waals surface area contributed by atoms with E-state index in [-0.39, 0.29) is 0 Å². The van der Waals surface area contributed by atoms with Gasteiger partial charge in [-0.25, -0.2) is 0 Å². The Balaban J connectivity index is 1.96. The van der Waals surface area contributed by atoms with Gasteiger partial charge in [-0.15, -0.1) is 0 Å². The van der Waals surface area contributed by atoms with E-state index < -0.39 is 0 Å². The Morgan fingerprint density at radius 1 is 1.20 bits per heavy atom. The molecule has 3 atom stereocenters. The zero-order valence-corrected chi connectivity index (χ0v) is 13.8. The lowest BCUT2D eigenvalue weighted by atomic mass is 9.71. The molecule has 2 aliphatic rings. The molecule has 1 aliphatic carbocycles. The zero-order chi connectivity index (χ0) is 14.3. The fourth-order valence-corrected chi connectivity index (χ4v) is 4.71. The third-order valence-corrected chi connectivity index (χ3v) is 5.63. The van der Waals surface area contributed by atoms with E-state index in [0.29, 0.717) is 5.92 Å². The summed E-state index contributed by atoms with van der Waals surface area (Å²) in [6.07, 6.45) is 5.46. The van der Waals surface area contributed by atoms with Crippen molar-refractivity contribution in [1.82, 2.24) is 4.90 Å². The van der Waals surface area contributed by atoms with Gasteiger partial charge in [0.05, 0.1) is 0 Å². The van der Waals surface area contributed by atoms with E-state index in [1.54, 1.807) is 0 Å². The smallest absolute Gasteiger partial charge is 0.0468 e. The second kappa shape index (κ2) is 5.87. The Bertz CT molecular complexity index is 500. The van der Waals surface area contributed by atoms with Crippen LogP contribution in [0.4, 0.5) is 0 Å². The summed E-state index contributed by atoms with van der Waals surface area (Å²) >= 11 is 12.7. The molecular formula is C17H23Cl2N. The van der Waals surface area contributed by atoms with Gasteiger partial charge in [0, 0.05) is 23.1 Å². The molecule has 0 saturated heterocycles. The van der Waals surface area contributed by atoms with Crippen molar-refractivity contribution in [3.05, 3.63) is 33.3 Å². The van der Waals surface area contributed by atoms with Gasteiger partial charge in [-0.05, 0) is 60.9 Å². The Kier molecular flexibility index (Phi) is 4.31. The van der Waals surface area contributed by atoms with Crippen LogP contribution in [-0.2, 0) is 6.54 Å². The summed E-state index contributed by atoms with van der Waals surface area (Å²) < 4.78 is 0. The predicted octanol–water partition coefficient (Wildman–Crippen LogP) is 5.35. The molecule has 0 radical (unpaired) electrons. The number of fused-ring (bicyclic) bond motifs is 1. The molecule has 1 aromatic carbocycles. The van der Waals surface area contributed by atoms with Crippen LogP contribution in [0.1, 0.15) is 49.7 Å². The molecule has 3 heteroatoms. The standard InChI is InChI=1S/C17H23Cl2N/c1-11-4-3-5-12(6-11)15-9-20(2)10-16-14(15)7-13(18)8-17(16)19/h7-8,11-12,15H,3-6,9-10H2,1-2H3/t11-,12?,15+/m0/s1. The molecule has 0 bridgehead atoms. The third-order valence-electron chi connectivity index (χ3n) is 5.08. The summed E-state index contributed by atoms with van der Waals surface area (Å²) in [5.41, 5.74) is 2.72. The van der Waals surface area contributed by atoms with Gasteiger partial charge in [-0.3, -0.25) is 0 Å². The fraction of sp³-hybridized carbons (Fsp3) is 0.647. The van der Waals surface area contributed by atoms with Crippen molar-refractivity contribution in [2.45, 2.75) is 45.1 Å². The van der Waals surface area contributed by atoms with E-state index in [9.17, 15) is 0 Å². The van der Waals surface area contributed by atoms with Crippen LogP contribution in [0.15, 0.2) is 12.1 Å². The van der Waals surface area contributed by atoms with E-state index in [1.807, 2.05) is 6.07 Å². The Hall–Kier alpha value is -0.240. The van der Waals surface area contributed by atoms with Crippen LogP contribution in [0.2, 0.25) is 10.0 Å². The number of hydrogen-bond donors (Lipinski definition) is 0. The molecule has 1 unspecified atom stereocenters. The van der Waals surface area contributed by atoms with Crippen LogP contribution in [-0.4, -0.2) is 18.5 Å². The average Bonchev–Trinajstić information content (AvgIpc) is 2.39. The van der Waals surface area contributed by atoms with Gasteiger partial charge >= 0.3 is 0 Å². The van der Waals surface area contributed by atoms with E-state index in [1.165, 1.54) is 36.8 Å². The maximum atomic E-state index is 6.43. The minimum atomic E-state index is 0.600. The van der Waals surface area contributed by atoms with E-state index >= 15 is 0 Å². The van der Waals surface area contributed by atoms with Crippen molar-refractivity contribution < 1.29 is 0 Å². The molecular weight excluding hydrogens is 289 g/mol. The van der Waals surface area contributed by atoms with Crippen molar-refractivity contribution in [1.29, 1.82) is 0 Å². The summed E-state index contributed by atoms with van der Waals surface area (Å²) in [5, 5.41) is 1.63. The second-order valence-corrected chi connectivity index (χ2v) is 7.63. The monoisotopic (exact) mass is 311 g/mol. The highest BCUT2D eigenvalue weighted by atomic mass is 35.5. The zero-order valence-electron chi connectivity index (χ0n) is 12.3. The largest absolute Gasteiger partial charge is 0.301 e. The van der Waals surface area contributed by atoms with Crippen molar-refractivity contribution in [3.8, 4) is 0 Å². The molecule has 1 heterocycles. The lowest BCUT2D eigenvalue weighted by molar-refractivity contribution is 0.186. The maximum Gasteiger partial charge on any atom is 0.0468 e. The van der Waals surface area contributed by atoms with Crippen LogP contribution < -0.4 is 0 Å². The summed E-state index contributed by atoms with van der Waals surface area (Å²) in [4.78, 5) is 2.41. The first-order valence-corrected chi connectivity index (χ1v) is 8.46. The third kappa shape index (κ3) is 2.86. The first-order valence-electron chi connectivity index (χ1n) is 7.71. The number of halogens is 2. The van der Waals surface area contributed by atoms with Crippen LogP contribution in [0.5, 0.6) is 0 Å². The number of hydrogen-bond acceptors (Lipinski definition) is 1. The fourth-order valence-electron chi connectivity index (χ4n) is 4.14. The van der Waals surface area contributed by atoms with E-state index in [4.69, 9.17) is 23.2 Å². The lowest BCUT2D eigenvalue weighted by Gasteiger charge is -2.40. The Morgan fingerprint density at radius 2 is 2.00 bits per heavy atom. The number of rotatable bonds is 1. The van der Waals surface area contributed by atoms with Crippen molar-refractivity contribution in [2.75, 3.05) is 13.6 Å². The molecule has 0 spiro atoms. The maximum absolute atomic E-state index is 6.43. The summed E-state index contributed by atoms with van der Waals surface area (Å²) in [7, 11) is 2.20. The Labute approximate surface area is 132 Å². The molecule has 20 heavy (non-hydrogen) atoms. The lowest BCUT2D eigenvalue weighted by Crippen LogP contribution is -2.35. The topological polar surface area (TPSA) is 3.24 Å². The van der Waals surface area contributed by atoms with Gasteiger partial charge in [0.1, 0.15) is 0 Å². The quantitative estimate of drug-likeness (QED) is 0.676. The number of benzene rings is 1. The van der Waals surface area contributed by atoms with Crippen molar-refractivity contribution in [3.63, 3.8) is 0 Å². The molecule has 1 aliphatic heterocycles. The number of nitrogens with zero attached hydrogens (tertiary/aromatic N) is 1. The highest BCUT2D eigenvalue weighted by molar-refractivity contribution is 6.35. The molecule has 1 saturated carbocycles. The van der Waals surface area contributed by atoms with Gasteiger partial charge in [0.2, 0.25) is 0 Å². The van der Waals surface area contributed by atoms with Gasteiger partial charge in [0.25, 0.3) is 0 Å². The number of likely N-dealkylation sites (N-methyl/N-ethyl adjacent to an activating group) is 1. The van der Waals surface area contributed by atoms with E-state index in [0.717, 1.165) is 35.0 Å². The van der Waals surface area contributed by atoms with E-state index in [2.05, 4.69) is 24.9 Å². The van der Waals surface area contributed by atoms with Crippen LogP contribution in [0.25, 0.3) is 0 Å². The van der Waals surface area contributed by atoms with Crippen LogP contribution >= 0.6 is 23.2 Å². The average molecular weight is 312 g/mol. The summed E-state index contributed by atoms with van der Waals surface area (Å²) in [5.74, 6) is 2.25. The van der Waals surface area contributed by atoms with Crippen LogP contribution in [0.3, 0.4) is 0 Å². The van der Waals surface area contributed by atoms with Crippen molar-refractivity contribution in [2.24, 2.45) is 11.8 Å². The normalized spacial score (nSPS) is 31.1. The first kappa shape index (κ1) is 14.7. The minimum Gasteiger partial charge on any atom is -0.301 e. The molecule has 110 valence electrons. The SMILES string of the molecule is C[C@H]1CCCC([C@H]2CN(C)Cc3c(Cl)cc(Cl)cc32)C1. The van der Waals surface area contributed by atoms with Gasteiger partial charge < -0.3 is 4.90 Å². The molecule has 1 fully saturated rings. The minimum absolute atomic E-state index is 0.600. The van der Waals surface area contributed by atoms with Crippen molar-refractivity contribution >= 4 is 23.2 Å². The first-order chi connectivity index (χ1) is 9.54. The highest BCUT2D eigenvalue weighted by Gasteiger charge is 2.33. The molecule has 1 nitrogen and oxygen atoms in total. The summed E-state index contributed by atoms with van der Waals surface area (Å²) in [6, 6.07) is 4.06.